The minimum absolute atomic E-state index is 0.00377. The van der Waals surface area contributed by atoms with Crippen LogP contribution in [0.25, 0.3) is 11.2 Å². The zero-order valence-corrected chi connectivity index (χ0v) is 38.9. The second-order valence-electron chi connectivity index (χ2n) is 15.3. The lowest BCUT2D eigenvalue weighted by molar-refractivity contribution is -0.137. The van der Waals surface area contributed by atoms with E-state index in [9.17, 15) is 83.1 Å². The van der Waals surface area contributed by atoms with Crippen LogP contribution in [0.5, 0.6) is 0 Å². The summed E-state index contributed by atoms with van der Waals surface area (Å²) < 4.78 is 67.7. The van der Waals surface area contributed by atoms with Crippen molar-refractivity contribution in [2.45, 2.75) is 88.3 Å². The third-order valence-corrected chi connectivity index (χ3v) is 13.5. The summed E-state index contributed by atoms with van der Waals surface area (Å²) in [4.78, 5) is 100. The van der Waals surface area contributed by atoms with Gasteiger partial charge in [0, 0.05) is 37.6 Å². The van der Waals surface area contributed by atoms with Crippen LogP contribution in [-0.2, 0) is 60.2 Å². The molecular formula is C32H51N8O23P3S. The van der Waals surface area contributed by atoms with Gasteiger partial charge in [0.2, 0.25) is 17.7 Å². The molecule has 2 aromatic rings. The van der Waals surface area contributed by atoms with Crippen LogP contribution in [0.4, 0.5) is 5.82 Å². The second kappa shape index (κ2) is 23.3. The van der Waals surface area contributed by atoms with E-state index in [1.54, 1.807) is 0 Å². The number of imidazole rings is 1. The van der Waals surface area contributed by atoms with Gasteiger partial charge >= 0.3 is 23.5 Å². The number of anilines is 1. The van der Waals surface area contributed by atoms with E-state index in [-0.39, 0.29) is 42.2 Å². The molecule has 0 spiro atoms. The number of carbonyl (C=O) groups excluding carboxylic acids is 4. The maximum absolute atomic E-state index is 12.8. The first-order valence-corrected chi connectivity index (χ1v) is 24.9. The summed E-state index contributed by atoms with van der Waals surface area (Å²) in [5.41, 5.74) is 4.12. The van der Waals surface area contributed by atoms with Crippen molar-refractivity contribution in [3.63, 3.8) is 0 Å². The smallest absolute Gasteiger partial charge is 0.481 e. The molecule has 35 heteroatoms. The van der Waals surface area contributed by atoms with E-state index < -0.39 is 138 Å². The lowest BCUT2D eigenvalue weighted by Gasteiger charge is -2.38. The molecular weight excluding hydrogens is 989 g/mol. The maximum Gasteiger partial charge on any atom is 0.481 e. The van der Waals surface area contributed by atoms with Gasteiger partial charge in [-0.25, -0.2) is 28.6 Å². The van der Waals surface area contributed by atoms with Crippen molar-refractivity contribution < 1.29 is 110 Å². The highest BCUT2D eigenvalue weighted by Crippen LogP contribution is 2.61. The van der Waals surface area contributed by atoms with Gasteiger partial charge in [-0.15, -0.1) is 0 Å². The molecule has 67 heavy (non-hydrogen) atoms. The van der Waals surface area contributed by atoms with Crippen molar-refractivity contribution in [3.05, 3.63) is 24.5 Å². The van der Waals surface area contributed by atoms with Gasteiger partial charge in [-0.05, 0) is 6.08 Å². The number of carbonyl (C=O) groups is 4. The third kappa shape index (κ3) is 15.7. The molecule has 31 nitrogen and oxygen atoms in total. The second-order valence-corrected chi connectivity index (χ2v) is 20.6. The monoisotopic (exact) mass is 1040 g/mol. The number of nitrogens with one attached hydrogen (secondary N) is 3. The number of phosphoric acid groups is 3. The van der Waals surface area contributed by atoms with Gasteiger partial charge in [0.15, 0.2) is 29.6 Å². The highest BCUT2D eigenvalue weighted by atomic mass is 32.2. The number of aliphatic hydroxyl groups excluding tert-OH is 6. The van der Waals surface area contributed by atoms with E-state index in [2.05, 4.69) is 39.7 Å². The number of aliphatic hydroxyl groups is 6. The normalized spacial score (nSPS) is 25.4. The number of hydrogen-bond acceptors (Lipinski definition) is 24. The Balaban J connectivity index is 1.20. The molecule has 2 aromatic heterocycles. The molecule has 0 saturated carbocycles. The quantitative estimate of drug-likeness (QED) is 0.0348. The van der Waals surface area contributed by atoms with Crippen LogP contribution in [0.3, 0.4) is 0 Å². The summed E-state index contributed by atoms with van der Waals surface area (Å²) in [7, 11) is -16.6. The van der Waals surface area contributed by atoms with Crippen molar-refractivity contribution in [1.82, 2.24) is 35.5 Å². The van der Waals surface area contributed by atoms with Crippen LogP contribution in [0.1, 0.15) is 33.4 Å². The van der Waals surface area contributed by atoms with Gasteiger partial charge in [-0.2, -0.15) is 4.31 Å². The Kier molecular flexibility index (Phi) is 19.5. The fourth-order valence-electron chi connectivity index (χ4n) is 6.18. The number of ether oxygens (including phenoxy) is 2. The molecule has 3 amide bonds. The Morgan fingerprint density at radius 1 is 1.00 bits per heavy atom. The number of amides is 3. The van der Waals surface area contributed by atoms with Crippen LogP contribution < -0.4 is 21.7 Å². The molecule has 1 fully saturated rings. The molecule has 4 heterocycles. The standard InChI is InChI=1S/C32H51N8O23P3S/c1-14(42)39-20-15(43)8-17(60-25(20)22(46)16(44)9-41)31(50)67-7-6-34-19(45)4-5-35-29(49)26(48)32(2,3)11-59-66(56,57)63-65(54,55)58-10-18-24(62-64(51,52)53)23(47)30(61-18)40-13-38-21-27(33)36-12-37-28(21)40/h8,12-13,15-16,18,20,22-26,30,41,43-44,46-48H,4-7,9-11H2,1-3H3,(H,34,45)(H,35,49)(H,39,42)(H,54,55)(H,56,57)(H2,33,36,37)(H2,51,52,53). The summed E-state index contributed by atoms with van der Waals surface area (Å²) in [6.45, 7) is 0.0578. The molecule has 2 aliphatic heterocycles. The number of nitrogens with two attached hydrogens (primary N) is 1. The number of hydrogen-bond donors (Lipinski definition) is 14. The molecule has 0 bridgehead atoms. The number of thioether (sulfide) groups is 1. The average Bonchev–Trinajstić information content (AvgIpc) is 3.80. The molecule has 378 valence electrons. The van der Waals surface area contributed by atoms with Crippen molar-refractivity contribution in [2.24, 2.45) is 5.41 Å². The average molecular weight is 1040 g/mol. The van der Waals surface area contributed by atoms with Gasteiger partial charge in [-0.1, -0.05) is 25.6 Å². The molecule has 4 rings (SSSR count). The first-order valence-electron chi connectivity index (χ1n) is 19.4. The number of rotatable bonds is 24. The van der Waals surface area contributed by atoms with Crippen molar-refractivity contribution in [2.75, 3.05) is 44.4 Å². The van der Waals surface area contributed by atoms with Crippen LogP contribution in [0.2, 0.25) is 0 Å². The van der Waals surface area contributed by atoms with Crippen molar-refractivity contribution in [3.8, 4) is 0 Å². The molecule has 0 radical (unpaired) electrons. The predicted octanol–water partition coefficient (Wildman–Crippen LogP) is -4.47. The van der Waals surface area contributed by atoms with Gasteiger partial charge in [0.05, 0.1) is 38.3 Å². The SMILES string of the molecule is CC(=O)NC1C(O)C=C(C(=O)SCCNC(=O)CCNC(=O)C(O)C(C)(C)COP(=O)(O)OP(=O)(O)OCC2OC(n3cnc4c(N)ncnc43)C(O)C2OP(=O)(O)O)OC1C(O)C(O)CO. The minimum atomic E-state index is -5.63. The Hall–Kier alpha value is -3.59. The van der Waals surface area contributed by atoms with Crippen LogP contribution in [0.15, 0.2) is 24.5 Å². The summed E-state index contributed by atoms with van der Waals surface area (Å²) in [5, 5.41) is 67.9. The maximum atomic E-state index is 12.8. The number of phosphoric ester groups is 3. The van der Waals surface area contributed by atoms with Crippen LogP contribution in [-0.4, -0.2) is 186 Å². The van der Waals surface area contributed by atoms with E-state index >= 15 is 0 Å². The first-order chi connectivity index (χ1) is 31.1. The largest absolute Gasteiger partial charge is 0.481 e. The van der Waals surface area contributed by atoms with E-state index in [0.29, 0.717) is 11.8 Å². The minimum Gasteiger partial charge on any atom is -0.481 e. The zero-order valence-electron chi connectivity index (χ0n) is 35.4. The fourth-order valence-corrected chi connectivity index (χ4v) is 9.66. The lowest BCUT2D eigenvalue weighted by Crippen LogP contribution is -2.59. The van der Waals surface area contributed by atoms with Gasteiger partial charge < -0.3 is 81.4 Å². The Morgan fingerprint density at radius 2 is 1.67 bits per heavy atom. The molecule has 2 aliphatic rings. The third-order valence-electron chi connectivity index (χ3n) is 9.53. The molecule has 0 aromatic carbocycles. The molecule has 12 atom stereocenters. The van der Waals surface area contributed by atoms with Gasteiger partial charge in [-0.3, -0.25) is 37.3 Å². The van der Waals surface area contributed by atoms with Crippen LogP contribution in [0, 0.1) is 5.41 Å². The zero-order chi connectivity index (χ0) is 50.2. The van der Waals surface area contributed by atoms with Crippen molar-refractivity contribution in [1.29, 1.82) is 0 Å². The number of nitrogens with zero attached hydrogens (tertiary/aromatic N) is 4. The Morgan fingerprint density at radius 3 is 2.31 bits per heavy atom. The summed E-state index contributed by atoms with van der Waals surface area (Å²) >= 11 is 0.637. The number of aromatic nitrogens is 4. The molecule has 1 saturated heterocycles. The van der Waals surface area contributed by atoms with Crippen molar-refractivity contribution >= 4 is 75.0 Å². The van der Waals surface area contributed by atoms with E-state index in [1.807, 2.05) is 0 Å². The Bertz CT molecular complexity index is 2270. The first kappa shape index (κ1) is 56.0. The highest BCUT2D eigenvalue weighted by Gasteiger charge is 2.50. The highest BCUT2D eigenvalue weighted by molar-refractivity contribution is 8.14. The number of nitrogen functional groups attached to an aromatic ring is 1. The lowest BCUT2D eigenvalue weighted by atomic mass is 9.87. The molecule has 0 aliphatic carbocycles. The van der Waals surface area contributed by atoms with E-state index in [4.69, 9.17) is 24.3 Å². The van der Waals surface area contributed by atoms with E-state index in [0.717, 1.165) is 30.2 Å². The molecule has 12 unspecified atom stereocenters. The fraction of sp³-hybridized carbons (Fsp3) is 0.656. The summed E-state index contributed by atoms with van der Waals surface area (Å²) in [6.07, 6.45) is -13.0. The summed E-state index contributed by atoms with van der Waals surface area (Å²) in [6, 6.07) is -1.28. The number of fused-ring (bicyclic) bond motifs is 1. The topological polar surface area (TPSA) is 483 Å². The van der Waals surface area contributed by atoms with Gasteiger partial charge in [0.25, 0.3) is 5.12 Å². The van der Waals surface area contributed by atoms with E-state index in [1.165, 1.54) is 13.8 Å². The predicted molar refractivity (Wildman–Crippen MR) is 223 cm³/mol. The van der Waals surface area contributed by atoms with Gasteiger partial charge in [0.1, 0.15) is 48.5 Å². The molecule has 15 N–H and O–H groups in total. The van der Waals surface area contributed by atoms with Crippen LogP contribution >= 0.6 is 35.2 Å². The Labute approximate surface area is 382 Å². The summed E-state index contributed by atoms with van der Waals surface area (Å²) in [5.74, 6) is -2.83.